The molecule has 0 saturated heterocycles. The molecule has 1 N–H and O–H groups in total. The second-order valence-corrected chi connectivity index (χ2v) is 2.68. The van der Waals surface area contributed by atoms with Gasteiger partial charge in [0.25, 0.3) is 5.91 Å². The first-order chi connectivity index (χ1) is 7.54. The Morgan fingerprint density at radius 3 is 2.81 bits per heavy atom. The predicted octanol–water partition coefficient (Wildman–Crippen LogP) is 0.432. The van der Waals surface area contributed by atoms with Crippen LogP contribution in [0.1, 0.15) is 10.4 Å². The van der Waals surface area contributed by atoms with Crippen molar-refractivity contribution in [3.8, 4) is 0 Å². The molecule has 0 radical (unpaired) electrons. The summed E-state index contributed by atoms with van der Waals surface area (Å²) in [4.78, 5) is 35.3. The molecular weight excluding hydrogens is 214 g/mol. The van der Waals surface area contributed by atoms with Gasteiger partial charge < -0.3 is 10.1 Å². The van der Waals surface area contributed by atoms with Crippen LogP contribution < -0.4 is 5.32 Å². The Balaban J connectivity index is 2.91. The fraction of sp³-hybridized carbons (Fsp3) is 0. The standard InChI is InChI=1S/C9H7N3O4/c1-2-8(13)11-9(14)6-3-4-10-7(5-6)12(15)16/h2-5H,1H2,(H,11,13,14). The molecular formula is C9H7N3O4. The SMILES string of the molecule is C=CC(=O)NC(=O)c1ccnc([N+](=O)[O-])c1. The Bertz CT molecular complexity index is 470. The van der Waals surface area contributed by atoms with Crippen LogP contribution in [0.15, 0.2) is 31.0 Å². The summed E-state index contributed by atoms with van der Waals surface area (Å²) in [6.45, 7) is 3.17. The third-order valence-electron chi connectivity index (χ3n) is 1.62. The quantitative estimate of drug-likeness (QED) is 0.453. The highest BCUT2D eigenvalue weighted by Crippen LogP contribution is 2.08. The summed E-state index contributed by atoms with van der Waals surface area (Å²) >= 11 is 0. The van der Waals surface area contributed by atoms with Crippen molar-refractivity contribution in [1.82, 2.24) is 10.3 Å². The first-order valence-corrected chi connectivity index (χ1v) is 4.13. The van der Waals surface area contributed by atoms with E-state index < -0.39 is 22.6 Å². The highest BCUT2D eigenvalue weighted by Gasteiger charge is 2.13. The van der Waals surface area contributed by atoms with Crippen LogP contribution in [0.2, 0.25) is 0 Å². The van der Waals surface area contributed by atoms with Gasteiger partial charge in [0.2, 0.25) is 5.91 Å². The van der Waals surface area contributed by atoms with Gasteiger partial charge in [0.1, 0.15) is 6.20 Å². The van der Waals surface area contributed by atoms with Crippen LogP contribution in [0.4, 0.5) is 5.82 Å². The number of aromatic nitrogens is 1. The van der Waals surface area contributed by atoms with Gasteiger partial charge in [-0.15, -0.1) is 0 Å². The molecule has 0 bridgehead atoms. The Morgan fingerprint density at radius 1 is 1.56 bits per heavy atom. The van der Waals surface area contributed by atoms with E-state index in [1.807, 2.05) is 5.32 Å². The monoisotopic (exact) mass is 221 g/mol. The third-order valence-corrected chi connectivity index (χ3v) is 1.62. The van der Waals surface area contributed by atoms with Crippen molar-refractivity contribution in [3.05, 3.63) is 46.7 Å². The van der Waals surface area contributed by atoms with Crippen LogP contribution in [0.3, 0.4) is 0 Å². The van der Waals surface area contributed by atoms with Gasteiger partial charge >= 0.3 is 5.82 Å². The lowest BCUT2D eigenvalue weighted by molar-refractivity contribution is -0.389. The minimum Gasteiger partial charge on any atom is -0.358 e. The molecule has 1 heterocycles. The first kappa shape index (κ1) is 11.5. The number of nitrogens with one attached hydrogen (secondary N) is 1. The van der Waals surface area contributed by atoms with Crippen LogP contribution >= 0.6 is 0 Å². The van der Waals surface area contributed by atoms with E-state index in [2.05, 4.69) is 11.6 Å². The van der Waals surface area contributed by atoms with E-state index in [0.717, 1.165) is 18.3 Å². The summed E-state index contributed by atoms with van der Waals surface area (Å²) < 4.78 is 0. The van der Waals surface area contributed by atoms with Crippen molar-refractivity contribution < 1.29 is 14.5 Å². The maximum Gasteiger partial charge on any atom is 0.364 e. The fourth-order valence-corrected chi connectivity index (χ4v) is 0.895. The summed E-state index contributed by atoms with van der Waals surface area (Å²) in [5.74, 6) is -1.88. The highest BCUT2D eigenvalue weighted by molar-refractivity contribution is 6.07. The molecule has 7 heteroatoms. The van der Waals surface area contributed by atoms with Crippen LogP contribution in [-0.2, 0) is 4.79 Å². The number of carbonyl (C=O) groups excluding carboxylic acids is 2. The number of nitro groups is 1. The Hall–Kier alpha value is -2.57. The zero-order valence-corrected chi connectivity index (χ0v) is 8.04. The summed E-state index contributed by atoms with van der Waals surface area (Å²) in [6.07, 6.45) is 2.04. The first-order valence-electron chi connectivity index (χ1n) is 4.13. The van der Waals surface area contributed by atoms with Gasteiger partial charge in [0.15, 0.2) is 0 Å². The van der Waals surface area contributed by atoms with Gasteiger partial charge in [-0.25, -0.2) is 0 Å². The zero-order chi connectivity index (χ0) is 12.1. The number of amides is 2. The van der Waals surface area contributed by atoms with Crippen LogP contribution in [0, 0.1) is 10.1 Å². The molecule has 0 aliphatic heterocycles. The number of nitrogens with zero attached hydrogens (tertiary/aromatic N) is 2. The van der Waals surface area contributed by atoms with Crippen molar-refractivity contribution in [2.45, 2.75) is 0 Å². The average Bonchev–Trinajstić information content (AvgIpc) is 2.28. The normalized spacial score (nSPS) is 9.25. The van der Waals surface area contributed by atoms with Crippen molar-refractivity contribution >= 4 is 17.6 Å². The van der Waals surface area contributed by atoms with Crippen molar-refractivity contribution in [2.75, 3.05) is 0 Å². The van der Waals surface area contributed by atoms with Gasteiger partial charge in [0, 0.05) is 6.07 Å². The van der Waals surface area contributed by atoms with Gasteiger partial charge in [-0.1, -0.05) is 6.58 Å². The lowest BCUT2D eigenvalue weighted by atomic mass is 10.2. The number of hydrogen-bond donors (Lipinski definition) is 1. The molecule has 16 heavy (non-hydrogen) atoms. The summed E-state index contributed by atoms with van der Waals surface area (Å²) in [5, 5.41) is 12.3. The van der Waals surface area contributed by atoms with Gasteiger partial charge in [-0.2, -0.15) is 0 Å². The van der Waals surface area contributed by atoms with Crippen LogP contribution in [0.25, 0.3) is 0 Å². The summed E-state index contributed by atoms with van der Waals surface area (Å²) in [5.41, 5.74) is -0.0168. The van der Waals surface area contributed by atoms with Crippen molar-refractivity contribution in [3.63, 3.8) is 0 Å². The lowest BCUT2D eigenvalue weighted by Gasteiger charge is -1.99. The molecule has 0 aromatic carbocycles. The fourth-order valence-electron chi connectivity index (χ4n) is 0.895. The van der Waals surface area contributed by atoms with Crippen LogP contribution in [0.5, 0.6) is 0 Å². The number of imide groups is 1. The topological polar surface area (TPSA) is 102 Å². The smallest absolute Gasteiger partial charge is 0.358 e. The van der Waals surface area contributed by atoms with Crippen LogP contribution in [-0.4, -0.2) is 21.7 Å². The molecule has 0 aliphatic carbocycles. The molecule has 0 aliphatic rings. The predicted molar refractivity (Wildman–Crippen MR) is 53.6 cm³/mol. The van der Waals surface area contributed by atoms with Crippen molar-refractivity contribution in [2.24, 2.45) is 0 Å². The molecule has 1 aromatic heterocycles. The second kappa shape index (κ2) is 4.78. The van der Waals surface area contributed by atoms with E-state index in [1.54, 1.807) is 0 Å². The molecule has 0 atom stereocenters. The largest absolute Gasteiger partial charge is 0.364 e. The van der Waals surface area contributed by atoms with E-state index >= 15 is 0 Å². The van der Waals surface area contributed by atoms with Crippen molar-refractivity contribution in [1.29, 1.82) is 0 Å². The number of carbonyl (C=O) groups is 2. The average molecular weight is 221 g/mol. The summed E-state index contributed by atoms with van der Waals surface area (Å²) in [7, 11) is 0. The molecule has 0 fully saturated rings. The Kier molecular flexibility index (Phi) is 3.44. The highest BCUT2D eigenvalue weighted by atomic mass is 16.6. The molecule has 0 spiro atoms. The van der Waals surface area contributed by atoms with E-state index in [-0.39, 0.29) is 5.56 Å². The molecule has 0 unspecified atom stereocenters. The molecule has 0 saturated carbocycles. The molecule has 7 nitrogen and oxygen atoms in total. The Labute approximate surface area is 89.9 Å². The van der Waals surface area contributed by atoms with Gasteiger partial charge in [-0.05, 0) is 22.0 Å². The van der Waals surface area contributed by atoms with E-state index in [1.165, 1.54) is 6.07 Å². The molecule has 1 aromatic rings. The Morgan fingerprint density at radius 2 is 2.25 bits per heavy atom. The number of rotatable bonds is 3. The molecule has 2 amide bonds. The van der Waals surface area contributed by atoms with E-state index in [4.69, 9.17) is 0 Å². The number of pyridine rings is 1. The molecule has 1 rings (SSSR count). The van der Waals surface area contributed by atoms with Gasteiger partial charge in [0.05, 0.1) is 5.56 Å². The minimum atomic E-state index is -0.740. The maximum absolute atomic E-state index is 11.4. The second-order valence-electron chi connectivity index (χ2n) is 2.68. The third kappa shape index (κ3) is 2.71. The van der Waals surface area contributed by atoms with Gasteiger partial charge in [-0.3, -0.25) is 14.9 Å². The minimum absolute atomic E-state index is 0.0168. The van der Waals surface area contributed by atoms with E-state index in [9.17, 15) is 19.7 Å². The van der Waals surface area contributed by atoms with E-state index in [0.29, 0.717) is 0 Å². The summed E-state index contributed by atoms with van der Waals surface area (Å²) in [6, 6.07) is 2.24. The maximum atomic E-state index is 11.4. The molecule has 82 valence electrons. The number of hydrogen-bond acceptors (Lipinski definition) is 5. The zero-order valence-electron chi connectivity index (χ0n) is 8.04. The lowest BCUT2D eigenvalue weighted by Crippen LogP contribution is -2.28.